The number of aliphatic hydroxyl groups excluding tert-OH is 1. The second-order valence-corrected chi connectivity index (χ2v) is 5.90. The molecular formula is C17H21N3O. The highest BCUT2D eigenvalue weighted by molar-refractivity contribution is 5.17. The summed E-state index contributed by atoms with van der Waals surface area (Å²) in [7, 11) is 0. The number of aromatic nitrogens is 2. The van der Waals surface area contributed by atoms with Crippen molar-refractivity contribution in [3.05, 3.63) is 60.2 Å². The Hall–Kier alpha value is -1.78. The van der Waals surface area contributed by atoms with Crippen LogP contribution in [0.4, 0.5) is 0 Å². The maximum Gasteiger partial charge on any atom is 0.0931 e. The zero-order valence-electron chi connectivity index (χ0n) is 12.3. The zero-order valence-corrected chi connectivity index (χ0v) is 12.3. The molecular weight excluding hydrogens is 262 g/mol. The Bertz CT molecular complexity index is 561. The highest BCUT2D eigenvalue weighted by Crippen LogP contribution is 2.35. The van der Waals surface area contributed by atoms with Gasteiger partial charge in [-0.25, -0.2) is 0 Å². The van der Waals surface area contributed by atoms with Crippen LogP contribution in [0.2, 0.25) is 0 Å². The molecule has 3 rings (SSSR count). The Balaban J connectivity index is 1.74. The predicted molar refractivity (Wildman–Crippen MR) is 81.5 cm³/mol. The van der Waals surface area contributed by atoms with Gasteiger partial charge >= 0.3 is 0 Å². The van der Waals surface area contributed by atoms with E-state index in [1.165, 1.54) is 5.56 Å². The van der Waals surface area contributed by atoms with Gasteiger partial charge < -0.3 is 5.11 Å². The smallest absolute Gasteiger partial charge is 0.0931 e. The summed E-state index contributed by atoms with van der Waals surface area (Å²) in [6, 6.07) is 8.24. The Labute approximate surface area is 125 Å². The molecule has 4 nitrogen and oxygen atoms in total. The van der Waals surface area contributed by atoms with E-state index in [1.807, 2.05) is 24.4 Å². The molecule has 21 heavy (non-hydrogen) atoms. The SMILES string of the molecule is CC1CC(c2cccnc2)N(CC(O)c2cccnc2)C1. The van der Waals surface area contributed by atoms with E-state index >= 15 is 0 Å². The lowest BCUT2D eigenvalue weighted by atomic mass is 10.0. The summed E-state index contributed by atoms with van der Waals surface area (Å²) in [4.78, 5) is 10.7. The van der Waals surface area contributed by atoms with Crippen LogP contribution in [0.3, 0.4) is 0 Å². The largest absolute Gasteiger partial charge is 0.387 e. The molecule has 1 aliphatic heterocycles. The molecule has 3 atom stereocenters. The topological polar surface area (TPSA) is 49.2 Å². The third-order valence-corrected chi connectivity index (χ3v) is 4.16. The van der Waals surface area contributed by atoms with Crippen molar-refractivity contribution in [2.75, 3.05) is 13.1 Å². The Morgan fingerprint density at radius 3 is 2.67 bits per heavy atom. The molecule has 4 heteroatoms. The molecule has 0 radical (unpaired) electrons. The van der Waals surface area contributed by atoms with Crippen molar-refractivity contribution >= 4 is 0 Å². The quantitative estimate of drug-likeness (QED) is 0.937. The van der Waals surface area contributed by atoms with Gasteiger partial charge in [0.2, 0.25) is 0 Å². The van der Waals surface area contributed by atoms with Crippen molar-refractivity contribution in [3.8, 4) is 0 Å². The summed E-state index contributed by atoms with van der Waals surface area (Å²) in [5.41, 5.74) is 2.11. The van der Waals surface area contributed by atoms with Crippen LogP contribution in [0.15, 0.2) is 49.1 Å². The predicted octanol–water partition coefficient (Wildman–Crippen LogP) is 2.59. The van der Waals surface area contributed by atoms with Crippen LogP contribution in [0.5, 0.6) is 0 Å². The molecule has 2 aromatic heterocycles. The molecule has 110 valence electrons. The second-order valence-electron chi connectivity index (χ2n) is 5.90. The zero-order chi connectivity index (χ0) is 14.7. The van der Waals surface area contributed by atoms with Crippen molar-refractivity contribution < 1.29 is 5.11 Å². The van der Waals surface area contributed by atoms with Crippen LogP contribution in [-0.4, -0.2) is 33.1 Å². The number of rotatable bonds is 4. The van der Waals surface area contributed by atoms with Crippen LogP contribution in [-0.2, 0) is 0 Å². The van der Waals surface area contributed by atoms with Gasteiger partial charge in [-0.05, 0) is 30.0 Å². The molecule has 0 aromatic carbocycles. The van der Waals surface area contributed by atoms with Crippen LogP contribution >= 0.6 is 0 Å². The molecule has 0 saturated carbocycles. The molecule has 0 aliphatic carbocycles. The Morgan fingerprint density at radius 2 is 2.00 bits per heavy atom. The molecule has 0 spiro atoms. The Morgan fingerprint density at radius 1 is 1.24 bits per heavy atom. The van der Waals surface area contributed by atoms with Crippen LogP contribution < -0.4 is 0 Å². The van der Waals surface area contributed by atoms with Crippen molar-refractivity contribution in [2.45, 2.75) is 25.5 Å². The minimum atomic E-state index is -0.497. The van der Waals surface area contributed by atoms with Gasteiger partial charge in [0.15, 0.2) is 0 Å². The first-order valence-corrected chi connectivity index (χ1v) is 7.46. The number of pyridine rings is 2. The highest BCUT2D eigenvalue weighted by atomic mass is 16.3. The monoisotopic (exact) mass is 283 g/mol. The molecule has 3 unspecified atom stereocenters. The summed E-state index contributed by atoms with van der Waals surface area (Å²) in [5.74, 6) is 0.635. The molecule has 1 aliphatic rings. The van der Waals surface area contributed by atoms with Gasteiger partial charge in [-0.2, -0.15) is 0 Å². The van der Waals surface area contributed by atoms with Crippen molar-refractivity contribution in [3.63, 3.8) is 0 Å². The van der Waals surface area contributed by atoms with Gasteiger partial charge in [-0.15, -0.1) is 0 Å². The van der Waals surface area contributed by atoms with E-state index in [0.717, 1.165) is 18.5 Å². The maximum absolute atomic E-state index is 10.4. The Kier molecular flexibility index (Phi) is 4.27. The third kappa shape index (κ3) is 3.28. The number of β-amino-alcohol motifs (C(OH)–C–C–N with tert-alkyl or cyclic N) is 1. The normalized spacial score (nSPS) is 24.1. The third-order valence-electron chi connectivity index (χ3n) is 4.16. The highest BCUT2D eigenvalue weighted by Gasteiger charge is 2.32. The summed E-state index contributed by atoms with van der Waals surface area (Å²) < 4.78 is 0. The van der Waals surface area contributed by atoms with Gasteiger partial charge in [0.05, 0.1) is 6.10 Å². The average Bonchev–Trinajstić information content (AvgIpc) is 2.89. The standard InChI is InChI=1S/C17H21N3O/c1-13-8-16(14-4-2-6-18-9-14)20(11-13)12-17(21)15-5-3-7-19-10-15/h2-7,9-10,13,16-17,21H,8,11-12H2,1H3. The number of nitrogens with zero attached hydrogens (tertiary/aromatic N) is 3. The van der Waals surface area contributed by atoms with Crippen LogP contribution in [0, 0.1) is 5.92 Å². The fraction of sp³-hybridized carbons (Fsp3) is 0.412. The van der Waals surface area contributed by atoms with Crippen LogP contribution in [0.25, 0.3) is 0 Å². The molecule has 0 bridgehead atoms. The maximum atomic E-state index is 10.4. The van der Waals surface area contributed by atoms with E-state index < -0.39 is 6.10 Å². The fourth-order valence-corrected chi connectivity index (χ4v) is 3.15. The lowest BCUT2D eigenvalue weighted by Gasteiger charge is -2.27. The first-order chi connectivity index (χ1) is 10.2. The van der Waals surface area contributed by atoms with Crippen molar-refractivity contribution in [1.82, 2.24) is 14.9 Å². The summed E-state index contributed by atoms with van der Waals surface area (Å²) in [5, 5.41) is 10.4. The van der Waals surface area contributed by atoms with Crippen molar-refractivity contribution in [1.29, 1.82) is 0 Å². The van der Waals surface area contributed by atoms with Gasteiger partial charge in [0.25, 0.3) is 0 Å². The van der Waals surface area contributed by atoms with E-state index in [9.17, 15) is 5.11 Å². The van der Waals surface area contributed by atoms with Crippen LogP contribution in [0.1, 0.15) is 36.6 Å². The number of aliphatic hydroxyl groups is 1. The van der Waals surface area contributed by atoms with E-state index in [2.05, 4.69) is 27.9 Å². The molecule has 1 fully saturated rings. The second kappa shape index (κ2) is 6.33. The van der Waals surface area contributed by atoms with E-state index in [0.29, 0.717) is 18.5 Å². The number of hydrogen-bond donors (Lipinski definition) is 1. The lowest BCUT2D eigenvalue weighted by molar-refractivity contribution is 0.105. The van der Waals surface area contributed by atoms with E-state index in [4.69, 9.17) is 0 Å². The minimum absolute atomic E-state index is 0.347. The average molecular weight is 283 g/mol. The molecule has 3 heterocycles. The van der Waals surface area contributed by atoms with E-state index in [-0.39, 0.29) is 0 Å². The first kappa shape index (κ1) is 14.2. The molecule has 2 aromatic rings. The first-order valence-electron chi connectivity index (χ1n) is 7.46. The van der Waals surface area contributed by atoms with Gasteiger partial charge in [0, 0.05) is 49.5 Å². The minimum Gasteiger partial charge on any atom is -0.387 e. The molecule has 1 N–H and O–H groups in total. The molecule has 0 amide bonds. The summed E-state index contributed by atoms with van der Waals surface area (Å²) >= 11 is 0. The fourth-order valence-electron chi connectivity index (χ4n) is 3.15. The van der Waals surface area contributed by atoms with Gasteiger partial charge in [0.1, 0.15) is 0 Å². The lowest BCUT2D eigenvalue weighted by Crippen LogP contribution is -2.29. The number of likely N-dealkylation sites (tertiary alicyclic amines) is 1. The summed E-state index contributed by atoms with van der Waals surface area (Å²) in [6.07, 6.45) is 7.83. The molecule has 1 saturated heterocycles. The van der Waals surface area contributed by atoms with Gasteiger partial charge in [-0.3, -0.25) is 14.9 Å². The van der Waals surface area contributed by atoms with Crippen molar-refractivity contribution in [2.24, 2.45) is 5.92 Å². The summed E-state index contributed by atoms with van der Waals surface area (Å²) in [6.45, 7) is 3.91. The van der Waals surface area contributed by atoms with E-state index in [1.54, 1.807) is 18.6 Å². The van der Waals surface area contributed by atoms with Gasteiger partial charge in [-0.1, -0.05) is 19.1 Å². The number of hydrogen-bond acceptors (Lipinski definition) is 4.